The zero-order valence-corrected chi connectivity index (χ0v) is 11.5. The van der Waals surface area contributed by atoms with Crippen molar-refractivity contribution in [2.45, 2.75) is 13.0 Å². The molecule has 3 aromatic rings. The number of nitrogens with one attached hydrogen (secondary N) is 1. The number of benzene rings is 1. The molecule has 2 aromatic heterocycles. The van der Waals surface area contributed by atoms with Gasteiger partial charge in [0.2, 0.25) is 0 Å². The molecule has 21 heavy (non-hydrogen) atoms. The zero-order chi connectivity index (χ0) is 14.2. The first-order chi connectivity index (χ1) is 10.3. The summed E-state index contributed by atoms with van der Waals surface area (Å²) in [5, 5.41) is 0.986. The average Bonchev–Trinajstić information content (AvgIpc) is 2.98. The molecule has 4 heteroatoms. The van der Waals surface area contributed by atoms with Gasteiger partial charge < -0.3 is 9.88 Å². The minimum atomic E-state index is 0.0851. The zero-order valence-electron chi connectivity index (χ0n) is 11.5. The van der Waals surface area contributed by atoms with Crippen molar-refractivity contribution < 1.29 is 4.79 Å². The van der Waals surface area contributed by atoms with Gasteiger partial charge in [-0.1, -0.05) is 24.3 Å². The number of pyridine rings is 1. The summed E-state index contributed by atoms with van der Waals surface area (Å²) in [7, 11) is 0. The molecule has 0 bridgehead atoms. The average molecular weight is 277 g/mol. The van der Waals surface area contributed by atoms with Crippen LogP contribution in [0.5, 0.6) is 0 Å². The molecular formula is C17H15N3O. The third kappa shape index (κ3) is 2.00. The van der Waals surface area contributed by atoms with Crippen LogP contribution in [0.1, 0.15) is 21.6 Å². The van der Waals surface area contributed by atoms with Crippen LogP contribution < -0.4 is 0 Å². The molecule has 4 rings (SSSR count). The van der Waals surface area contributed by atoms with Crippen molar-refractivity contribution in [2.75, 3.05) is 6.54 Å². The van der Waals surface area contributed by atoms with Crippen molar-refractivity contribution in [3.8, 4) is 0 Å². The van der Waals surface area contributed by atoms with Gasteiger partial charge in [-0.3, -0.25) is 9.78 Å². The molecule has 0 radical (unpaired) electrons. The second-order valence-electron chi connectivity index (χ2n) is 5.33. The summed E-state index contributed by atoms with van der Waals surface area (Å²) in [6.45, 7) is 1.36. The van der Waals surface area contributed by atoms with Gasteiger partial charge in [-0.05, 0) is 17.7 Å². The molecule has 0 unspecified atom stereocenters. The Balaban J connectivity index is 1.67. The molecule has 3 heterocycles. The lowest BCUT2D eigenvalue weighted by Crippen LogP contribution is -2.36. The lowest BCUT2D eigenvalue weighted by atomic mass is 10.0. The van der Waals surface area contributed by atoms with Crippen molar-refractivity contribution in [3.05, 3.63) is 65.6 Å². The summed E-state index contributed by atoms with van der Waals surface area (Å²) in [5.41, 5.74) is 4.01. The monoisotopic (exact) mass is 277 g/mol. The highest BCUT2D eigenvalue weighted by molar-refractivity contribution is 6.06. The fourth-order valence-electron chi connectivity index (χ4n) is 2.96. The van der Waals surface area contributed by atoms with Gasteiger partial charge in [0.25, 0.3) is 5.91 Å². The summed E-state index contributed by atoms with van der Waals surface area (Å²) < 4.78 is 0. The van der Waals surface area contributed by atoms with E-state index >= 15 is 0 Å². The number of fused-ring (bicyclic) bond motifs is 2. The van der Waals surface area contributed by atoms with E-state index in [1.165, 1.54) is 0 Å². The second-order valence-corrected chi connectivity index (χ2v) is 5.33. The van der Waals surface area contributed by atoms with Crippen molar-refractivity contribution in [1.82, 2.24) is 14.9 Å². The van der Waals surface area contributed by atoms with E-state index in [0.29, 0.717) is 6.54 Å². The highest BCUT2D eigenvalue weighted by Gasteiger charge is 2.23. The highest BCUT2D eigenvalue weighted by atomic mass is 16.2. The summed E-state index contributed by atoms with van der Waals surface area (Å²) in [5.74, 6) is 0.0851. The van der Waals surface area contributed by atoms with E-state index in [4.69, 9.17) is 0 Å². The number of rotatable bonds is 1. The molecule has 0 fully saturated rings. The Labute approximate surface area is 122 Å². The van der Waals surface area contributed by atoms with Crippen LogP contribution in [0.3, 0.4) is 0 Å². The molecule has 0 spiro atoms. The molecule has 0 aliphatic carbocycles. The molecule has 1 aliphatic rings. The van der Waals surface area contributed by atoms with Crippen LogP contribution in [-0.2, 0) is 13.0 Å². The molecule has 1 aromatic carbocycles. The predicted octanol–water partition coefficient (Wildman–Crippen LogP) is 2.76. The number of nitrogens with zero attached hydrogens (tertiary/aromatic N) is 2. The Morgan fingerprint density at radius 1 is 1.19 bits per heavy atom. The third-order valence-electron chi connectivity index (χ3n) is 4.07. The number of carbonyl (C=O) groups is 1. The van der Waals surface area contributed by atoms with Crippen LogP contribution in [0.4, 0.5) is 0 Å². The lowest BCUT2D eigenvalue weighted by Gasteiger charge is -2.28. The Morgan fingerprint density at radius 2 is 2.10 bits per heavy atom. The molecule has 0 saturated carbocycles. The summed E-state index contributed by atoms with van der Waals surface area (Å²) in [4.78, 5) is 22.2. The van der Waals surface area contributed by atoms with E-state index in [1.807, 2.05) is 47.6 Å². The number of aromatic amines is 1. The second kappa shape index (κ2) is 4.74. The van der Waals surface area contributed by atoms with Gasteiger partial charge >= 0.3 is 0 Å². The maximum Gasteiger partial charge on any atom is 0.256 e. The largest absolute Gasteiger partial charge is 0.360 e. The van der Waals surface area contributed by atoms with Crippen LogP contribution in [0.25, 0.3) is 10.9 Å². The Kier molecular flexibility index (Phi) is 2.74. The molecule has 1 N–H and O–H groups in total. The fourth-order valence-corrected chi connectivity index (χ4v) is 2.96. The number of aromatic nitrogens is 2. The molecule has 0 saturated heterocycles. The maximum atomic E-state index is 12.8. The van der Waals surface area contributed by atoms with E-state index < -0.39 is 0 Å². The van der Waals surface area contributed by atoms with Crippen LogP contribution in [0.15, 0.2) is 48.8 Å². The van der Waals surface area contributed by atoms with Gasteiger partial charge in [0.15, 0.2) is 0 Å². The van der Waals surface area contributed by atoms with Crippen molar-refractivity contribution in [1.29, 1.82) is 0 Å². The lowest BCUT2D eigenvalue weighted by molar-refractivity contribution is 0.0735. The van der Waals surface area contributed by atoms with Gasteiger partial charge in [0, 0.05) is 48.5 Å². The number of H-pyrrole nitrogens is 1. The SMILES string of the molecule is O=C(c1c[nH]c2ccccc12)N1CCc2ncccc2C1. The number of hydrogen-bond donors (Lipinski definition) is 1. The highest BCUT2D eigenvalue weighted by Crippen LogP contribution is 2.23. The van der Waals surface area contributed by atoms with Crippen molar-refractivity contribution >= 4 is 16.8 Å². The van der Waals surface area contributed by atoms with E-state index in [-0.39, 0.29) is 5.91 Å². The molecule has 1 amide bonds. The first kappa shape index (κ1) is 12.1. The summed E-state index contributed by atoms with van der Waals surface area (Å²) in [6.07, 6.45) is 4.45. The van der Waals surface area contributed by atoms with Gasteiger partial charge in [-0.25, -0.2) is 0 Å². The Morgan fingerprint density at radius 3 is 3.05 bits per heavy atom. The molecule has 0 atom stereocenters. The Hall–Kier alpha value is -2.62. The minimum Gasteiger partial charge on any atom is -0.360 e. The normalized spacial score (nSPS) is 14.2. The van der Waals surface area contributed by atoms with Crippen molar-refractivity contribution in [2.24, 2.45) is 0 Å². The smallest absolute Gasteiger partial charge is 0.256 e. The van der Waals surface area contributed by atoms with Crippen LogP contribution >= 0.6 is 0 Å². The van der Waals surface area contributed by atoms with Gasteiger partial charge in [-0.15, -0.1) is 0 Å². The van der Waals surface area contributed by atoms with Gasteiger partial charge in [0.1, 0.15) is 0 Å². The Bertz CT molecular complexity index is 822. The number of hydrogen-bond acceptors (Lipinski definition) is 2. The molecule has 104 valence electrons. The fraction of sp³-hybridized carbons (Fsp3) is 0.176. The minimum absolute atomic E-state index is 0.0851. The van der Waals surface area contributed by atoms with Crippen LogP contribution in [0.2, 0.25) is 0 Å². The van der Waals surface area contributed by atoms with Crippen LogP contribution in [-0.4, -0.2) is 27.3 Å². The quantitative estimate of drug-likeness (QED) is 0.743. The number of para-hydroxylation sites is 1. The summed E-state index contributed by atoms with van der Waals surface area (Å²) in [6, 6.07) is 11.9. The van der Waals surface area contributed by atoms with Gasteiger partial charge in [-0.2, -0.15) is 0 Å². The van der Waals surface area contributed by atoms with Gasteiger partial charge in [0.05, 0.1) is 5.56 Å². The molecule has 1 aliphatic heterocycles. The molecular weight excluding hydrogens is 262 g/mol. The number of carbonyl (C=O) groups excluding carboxylic acids is 1. The van der Waals surface area contributed by atoms with E-state index in [2.05, 4.69) is 16.0 Å². The first-order valence-corrected chi connectivity index (χ1v) is 7.11. The topological polar surface area (TPSA) is 49.0 Å². The first-order valence-electron chi connectivity index (χ1n) is 7.11. The van der Waals surface area contributed by atoms with E-state index in [9.17, 15) is 4.79 Å². The molecule has 4 nitrogen and oxygen atoms in total. The third-order valence-corrected chi connectivity index (χ3v) is 4.07. The number of amides is 1. The van der Waals surface area contributed by atoms with Crippen LogP contribution in [0, 0.1) is 0 Å². The standard InChI is InChI=1S/C17H15N3O/c21-17(14-10-19-16-6-2-1-5-13(14)16)20-9-7-15-12(11-20)4-3-8-18-15/h1-6,8,10,19H,7,9,11H2. The predicted molar refractivity (Wildman–Crippen MR) is 81.0 cm³/mol. The van der Waals surface area contributed by atoms with E-state index in [1.54, 1.807) is 0 Å². The van der Waals surface area contributed by atoms with Crippen molar-refractivity contribution in [3.63, 3.8) is 0 Å². The van der Waals surface area contributed by atoms with E-state index in [0.717, 1.165) is 40.7 Å². The summed E-state index contributed by atoms with van der Waals surface area (Å²) >= 11 is 0. The maximum absolute atomic E-state index is 12.8.